The lowest BCUT2D eigenvalue weighted by atomic mass is 9.83. The van der Waals surface area contributed by atoms with Crippen LogP contribution in [-0.2, 0) is 0 Å². The zero-order valence-corrected chi connectivity index (χ0v) is 11.6. The number of nitrogens with one attached hydrogen (secondary N) is 2. The molecule has 0 bridgehead atoms. The monoisotopic (exact) mass is 261 g/mol. The average molecular weight is 261 g/mol. The summed E-state index contributed by atoms with van der Waals surface area (Å²) in [5, 5.41) is 6.26. The van der Waals surface area contributed by atoms with Crippen LogP contribution in [-0.4, -0.2) is 24.0 Å². The number of amides is 1. The maximum absolute atomic E-state index is 12.1. The number of carbonyl (C=O) groups is 1. The Kier molecular flexibility index (Phi) is 5.19. The van der Waals surface area contributed by atoms with E-state index in [1.807, 2.05) is 6.07 Å². The summed E-state index contributed by atoms with van der Waals surface area (Å²) in [7, 11) is 0. The number of aromatic nitrogens is 1. The standard InChI is InChI=1S/C15H23N3O/c1-2-8-17-14-7-9-16-11-13(14)15(19)18-10-6-12-4-3-5-12/h7,9,11-12H,2-6,8,10H2,1H3,(H,16,17)(H,18,19). The van der Waals surface area contributed by atoms with Gasteiger partial charge in [-0.2, -0.15) is 0 Å². The summed E-state index contributed by atoms with van der Waals surface area (Å²) in [6, 6.07) is 1.86. The Morgan fingerprint density at radius 3 is 2.95 bits per heavy atom. The number of carbonyl (C=O) groups excluding carboxylic acids is 1. The second kappa shape index (κ2) is 7.12. The highest BCUT2D eigenvalue weighted by atomic mass is 16.1. The van der Waals surface area contributed by atoms with Gasteiger partial charge in [0, 0.05) is 25.5 Å². The van der Waals surface area contributed by atoms with Crippen LogP contribution in [0.4, 0.5) is 5.69 Å². The number of nitrogens with zero attached hydrogens (tertiary/aromatic N) is 1. The van der Waals surface area contributed by atoms with Crippen molar-refractivity contribution in [2.45, 2.75) is 39.0 Å². The number of hydrogen-bond acceptors (Lipinski definition) is 3. The van der Waals surface area contributed by atoms with Crippen molar-refractivity contribution in [1.29, 1.82) is 0 Å². The zero-order chi connectivity index (χ0) is 13.5. The van der Waals surface area contributed by atoms with Gasteiger partial charge in [-0.25, -0.2) is 0 Å². The SMILES string of the molecule is CCCNc1ccncc1C(=O)NCCC1CCC1. The Labute approximate surface area is 115 Å². The molecule has 0 spiro atoms. The van der Waals surface area contributed by atoms with Crippen molar-refractivity contribution in [3.8, 4) is 0 Å². The Hall–Kier alpha value is -1.58. The fourth-order valence-electron chi connectivity index (χ4n) is 2.26. The van der Waals surface area contributed by atoms with E-state index in [2.05, 4.69) is 22.5 Å². The second-order valence-corrected chi connectivity index (χ2v) is 5.19. The van der Waals surface area contributed by atoms with Gasteiger partial charge in [-0.1, -0.05) is 26.2 Å². The number of pyridine rings is 1. The molecule has 1 heterocycles. The van der Waals surface area contributed by atoms with E-state index < -0.39 is 0 Å². The quantitative estimate of drug-likeness (QED) is 0.793. The molecular formula is C15H23N3O. The van der Waals surface area contributed by atoms with Crippen molar-refractivity contribution in [2.75, 3.05) is 18.4 Å². The molecule has 0 saturated heterocycles. The molecule has 2 N–H and O–H groups in total. The lowest BCUT2D eigenvalue weighted by Crippen LogP contribution is -2.28. The van der Waals surface area contributed by atoms with Gasteiger partial charge < -0.3 is 10.6 Å². The minimum Gasteiger partial charge on any atom is -0.384 e. The first-order valence-electron chi connectivity index (χ1n) is 7.27. The summed E-state index contributed by atoms with van der Waals surface area (Å²) in [4.78, 5) is 16.2. The molecule has 0 atom stereocenters. The lowest BCUT2D eigenvalue weighted by molar-refractivity contribution is 0.0949. The van der Waals surface area contributed by atoms with Crippen molar-refractivity contribution < 1.29 is 4.79 Å². The van der Waals surface area contributed by atoms with Crippen LogP contribution < -0.4 is 10.6 Å². The van der Waals surface area contributed by atoms with Crippen LogP contribution in [0, 0.1) is 5.92 Å². The molecule has 1 aromatic heterocycles. The van der Waals surface area contributed by atoms with Gasteiger partial charge >= 0.3 is 0 Å². The third kappa shape index (κ3) is 3.94. The second-order valence-electron chi connectivity index (χ2n) is 5.19. The maximum Gasteiger partial charge on any atom is 0.254 e. The predicted octanol–water partition coefficient (Wildman–Crippen LogP) is 2.82. The molecule has 4 nitrogen and oxygen atoms in total. The smallest absolute Gasteiger partial charge is 0.254 e. The molecular weight excluding hydrogens is 238 g/mol. The van der Waals surface area contributed by atoms with E-state index in [4.69, 9.17) is 0 Å². The number of hydrogen-bond donors (Lipinski definition) is 2. The van der Waals surface area contributed by atoms with Crippen molar-refractivity contribution in [3.63, 3.8) is 0 Å². The highest BCUT2D eigenvalue weighted by molar-refractivity contribution is 5.99. The summed E-state index contributed by atoms with van der Waals surface area (Å²) in [6.45, 7) is 3.74. The molecule has 1 amide bonds. The predicted molar refractivity (Wildman–Crippen MR) is 77.3 cm³/mol. The van der Waals surface area contributed by atoms with Crippen molar-refractivity contribution in [2.24, 2.45) is 5.92 Å². The van der Waals surface area contributed by atoms with Gasteiger partial charge in [-0.05, 0) is 24.8 Å². The molecule has 0 unspecified atom stereocenters. The van der Waals surface area contributed by atoms with Crippen LogP contribution in [0.2, 0.25) is 0 Å². The van der Waals surface area contributed by atoms with Crippen LogP contribution >= 0.6 is 0 Å². The average Bonchev–Trinajstić information content (AvgIpc) is 2.39. The molecule has 0 aromatic carbocycles. The summed E-state index contributed by atoms with van der Waals surface area (Å²) >= 11 is 0. The molecule has 4 heteroatoms. The fourth-order valence-corrected chi connectivity index (χ4v) is 2.26. The normalized spacial score (nSPS) is 14.8. The van der Waals surface area contributed by atoms with Gasteiger partial charge in [0.15, 0.2) is 0 Å². The first kappa shape index (κ1) is 13.8. The summed E-state index contributed by atoms with van der Waals surface area (Å²) in [5.74, 6) is 0.804. The molecule has 1 aliphatic rings. The lowest BCUT2D eigenvalue weighted by Gasteiger charge is -2.25. The Morgan fingerprint density at radius 1 is 1.42 bits per heavy atom. The van der Waals surface area contributed by atoms with Crippen LogP contribution in [0.1, 0.15) is 49.4 Å². The van der Waals surface area contributed by atoms with Crippen molar-refractivity contribution >= 4 is 11.6 Å². The van der Waals surface area contributed by atoms with E-state index in [9.17, 15) is 4.79 Å². The first-order chi connectivity index (χ1) is 9.31. The highest BCUT2D eigenvalue weighted by Crippen LogP contribution is 2.28. The van der Waals surface area contributed by atoms with Crippen LogP contribution in [0.5, 0.6) is 0 Å². The largest absolute Gasteiger partial charge is 0.384 e. The zero-order valence-electron chi connectivity index (χ0n) is 11.6. The van der Waals surface area contributed by atoms with Crippen LogP contribution in [0.15, 0.2) is 18.5 Å². The van der Waals surface area contributed by atoms with Crippen molar-refractivity contribution in [3.05, 3.63) is 24.0 Å². The van der Waals surface area contributed by atoms with Gasteiger partial charge in [-0.3, -0.25) is 9.78 Å². The fraction of sp³-hybridized carbons (Fsp3) is 0.600. The van der Waals surface area contributed by atoms with E-state index in [-0.39, 0.29) is 5.91 Å². The molecule has 1 aliphatic carbocycles. The van der Waals surface area contributed by atoms with E-state index in [1.54, 1.807) is 12.4 Å². The molecule has 1 saturated carbocycles. The van der Waals surface area contributed by atoms with Crippen LogP contribution in [0.3, 0.4) is 0 Å². The number of rotatable bonds is 7. The van der Waals surface area contributed by atoms with Gasteiger partial charge in [-0.15, -0.1) is 0 Å². The first-order valence-corrected chi connectivity index (χ1v) is 7.27. The van der Waals surface area contributed by atoms with E-state index in [0.717, 1.165) is 37.5 Å². The highest BCUT2D eigenvalue weighted by Gasteiger charge is 2.17. The molecule has 1 fully saturated rings. The Bertz CT molecular complexity index is 416. The third-order valence-corrected chi connectivity index (χ3v) is 3.69. The van der Waals surface area contributed by atoms with Gasteiger partial charge in [0.05, 0.1) is 11.3 Å². The maximum atomic E-state index is 12.1. The topological polar surface area (TPSA) is 54.0 Å². The van der Waals surface area contributed by atoms with E-state index in [1.165, 1.54) is 19.3 Å². The third-order valence-electron chi connectivity index (χ3n) is 3.69. The Morgan fingerprint density at radius 2 is 2.26 bits per heavy atom. The van der Waals surface area contributed by atoms with Crippen molar-refractivity contribution in [1.82, 2.24) is 10.3 Å². The van der Waals surface area contributed by atoms with Gasteiger partial charge in [0.25, 0.3) is 5.91 Å². The molecule has 19 heavy (non-hydrogen) atoms. The molecule has 2 rings (SSSR count). The summed E-state index contributed by atoms with van der Waals surface area (Å²) < 4.78 is 0. The molecule has 104 valence electrons. The van der Waals surface area contributed by atoms with E-state index >= 15 is 0 Å². The Balaban J connectivity index is 1.85. The minimum atomic E-state index is -0.0222. The summed E-state index contributed by atoms with van der Waals surface area (Å²) in [6.07, 6.45) is 9.49. The molecule has 1 aromatic rings. The summed E-state index contributed by atoms with van der Waals surface area (Å²) in [5.41, 5.74) is 1.52. The molecule has 0 aliphatic heterocycles. The van der Waals surface area contributed by atoms with E-state index in [0.29, 0.717) is 5.56 Å². The van der Waals surface area contributed by atoms with Crippen LogP contribution in [0.25, 0.3) is 0 Å². The van der Waals surface area contributed by atoms with Gasteiger partial charge in [0.2, 0.25) is 0 Å². The number of anilines is 1. The molecule has 0 radical (unpaired) electrons. The van der Waals surface area contributed by atoms with Gasteiger partial charge in [0.1, 0.15) is 0 Å². The minimum absolute atomic E-state index is 0.0222.